The highest BCUT2D eigenvalue weighted by Gasteiger charge is 2.20. The summed E-state index contributed by atoms with van der Waals surface area (Å²) in [5, 5.41) is 16.7. The summed E-state index contributed by atoms with van der Waals surface area (Å²) in [6.45, 7) is 3.79. The van der Waals surface area contributed by atoms with Crippen LogP contribution < -0.4 is 14.8 Å². The van der Waals surface area contributed by atoms with Crippen LogP contribution in [0.25, 0.3) is 17.1 Å². The van der Waals surface area contributed by atoms with Gasteiger partial charge in [0.15, 0.2) is 11.0 Å². The third-order valence-electron chi connectivity index (χ3n) is 5.42. The fraction of sp³-hybridized carbons (Fsp3) is 0.250. The SMILES string of the molecule is COc1ccc(-n2c(SCC(=O)Nc3c(C)nn(C)c3C)nnc2-c2ccccc2OC)cc1. The highest BCUT2D eigenvalue weighted by Crippen LogP contribution is 2.33. The molecule has 1 N–H and O–H groups in total. The van der Waals surface area contributed by atoms with Crippen molar-refractivity contribution in [3.05, 3.63) is 59.9 Å². The molecule has 2 aromatic carbocycles. The number of anilines is 1. The smallest absolute Gasteiger partial charge is 0.234 e. The molecule has 0 radical (unpaired) electrons. The van der Waals surface area contributed by atoms with Crippen LogP contribution >= 0.6 is 11.8 Å². The van der Waals surface area contributed by atoms with Gasteiger partial charge in [-0.15, -0.1) is 10.2 Å². The van der Waals surface area contributed by atoms with E-state index in [0.29, 0.717) is 16.7 Å². The summed E-state index contributed by atoms with van der Waals surface area (Å²) < 4.78 is 14.5. The average Bonchev–Trinajstić information content (AvgIpc) is 3.38. The molecular formula is C24H26N6O3S. The first-order chi connectivity index (χ1) is 16.4. The van der Waals surface area contributed by atoms with Crippen LogP contribution in [0.3, 0.4) is 0 Å². The lowest BCUT2D eigenvalue weighted by Gasteiger charge is -2.13. The van der Waals surface area contributed by atoms with Crippen LogP contribution in [0.2, 0.25) is 0 Å². The van der Waals surface area contributed by atoms with Crippen molar-refractivity contribution in [1.82, 2.24) is 24.5 Å². The Bertz CT molecular complexity index is 1310. The first-order valence-corrected chi connectivity index (χ1v) is 11.6. The van der Waals surface area contributed by atoms with Gasteiger partial charge in [-0.05, 0) is 50.2 Å². The fourth-order valence-corrected chi connectivity index (χ4v) is 4.34. The summed E-state index contributed by atoms with van der Waals surface area (Å²) in [6.07, 6.45) is 0. The average molecular weight is 479 g/mol. The number of para-hydroxylation sites is 1. The van der Waals surface area contributed by atoms with E-state index >= 15 is 0 Å². The zero-order valence-electron chi connectivity index (χ0n) is 19.7. The lowest BCUT2D eigenvalue weighted by molar-refractivity contribution is -0.113. The quantitative estimate of drug-likeness (QED) is 0.382. The summed E-state index contributed by atoms with van der Waals surface area (Å²) in [7, 11) is 5.10. The molecule has 0 spiro atoms. The molecule has 0 atom stereocenters. The predicted octanol–water partition coefficient (Wildman–Crippen LogP) is 4.03. The highest BCUT2D eigenvalue weighted by molar-refractivity contribution is 7.99. The van der Waals surface area contributed by atoms with Crippen LogP contribution in [0.4, 0.5) is 5.69 Å². The highest BCUT2D eigenvalue weighted by atomic mass is 32.2. The number of aryl methyl sites for hydroxylation is 2. The predicted molar refractivity (Wildman–Crippen MR) is 132 cm³/mol. The molecule has 10 heteroatoms. The Hall–Kier alpha value is -3.79. The van der Waals surface area contributed by atoms with Gasteiger partial charge in [-0.2, -0.15) is 5.10 Å². The fourth-order valence-electron chi connectivity index (χ4n) is 3.59. The number of rotatable bonds is 8. The van der Waals surface area contributed by atoms with Gasteiger partial charge in [0, 0.05) is 7.05 Å². The van der Waals surface area contributed by atoms with Gasteiger partial charge >= 0.3 is 0 Å². The Balaban J connectivity index is 1.65. The van der Waals surface area contributed by atoms with Crippen molar-refractivity contribution in [3.63, 3.8) is 0 Å². The van der Waals surface area contributed by atoms with Crippen molar-refractivity contribution in [2.24, 2.45) is 7.05 Å². The molecule has 2 heterocycles. The summed E-state index contributed by atoms with van der Waals surface area (Å²) in [5.41, 5.74) is 4.05. The number of methoxy groups -OCH3 is 2. The Morgan fingerprint density at radius 3 is 2.41 bits per heavy atom. The van der Waals surface area contributed by atoms with Crippen LogP contribution in [-0.2, 0) is 11.8 Å². The number of ether oxygens (including phenoxy) is 2. The molecule has 2 aromatic heterocycles. The monoisotopic (exact) mass is 478 g/mol. The standard InChI is InChI=1S/C24H26N6O3S/c1-15-22(16(2)29(3)28-15)25-21(31)14-34-24-27-26-23(19-8-6-7-9-20(19)33-5)30(24)17-10-12-18(32-4)13-11-17/h6-13H,14H2,1-5H3,(H,25,31). The third kappa shape index (κ3) is 4.62. The molecule has 4 aromatic rings. The maximum absolute atomic E-state index is 12.7. The molecule has 4 rings (SSSR count). The zero-order valence-corrected chi connectivity index (χ0v) is 20.5. The molecule has 0 aliphatic rings. The summed E-state index contributed by atoms with van der Waals surface area (Å²) in [4.78, 5) is 12.7. The Kier molecular flexibility index (Phi) is 6.87. The van der Waals surface area contributed by atoms with Gasteiger partial charge in [0.2, 0.25) is 5.91 Å². The Labute approximate surface area is 202 Å². The minimum absolute atomic E-state index is 0.146. The molecule has 0 unspecified atom stereocenters. The molecule has 0 saturated heterocycles. The van der Waals surface area contributed by atoms with Crippen molar-refractivity contribution in [3.8, 4) is 28.6 Å². The van der Waals surface area contributed by atoms with E-state index in [1.807, 2.05) is 74.0 Å². The van der Waals surface area contributed by atoms with Gasteiger partial charge in [-0.25, -0.2) is 0 Å². The molecule has 0 fully saturated rings. The minimum Gasteiger partial charge on any atom is -0.497 e. The Morgan fingerprint density at radius 2 is 1.76 bits per heavy atom. The van der Waals surface area contributed by atoms with Gasteiger partial charge in [0.25, 0.3) is 0 Å². The van der Waals surface area contributed by atoms with Gasteiger partial charge in [-0.3, -0.25) is 14.0 Å². The van der Waals surface area contributed by atoms with Crippen LogP contribution in [0.1, 0.15) is 11.4 Å². The molecule has 0 saturated carbocycles. The third-order valence-corrected chi connectivity index (χ3v) is 6.35. The van der Waals surface area contributed by atoms with Crippen LogP contribution in [0.5, 0.6) is 11.5 Å². The van der Waals surface area contributed by atoms with Gasteiger partial charge in [0.1, 0.15) is 11.5 Å². The van der Waals surface area contributed by atoms with E-state index < -0.39 is 0 Å². The number of benzene rings is 2. The van der Waals surface area contributed by atoms with E-state index in [1.165, 1.54) is 11.8 Å². The second-order valence-corrected chi connectivity index (χ2v) is 8.49. The number of carbonyl (C=O) groups excluding carboxylic acids is 1. The van der Waals surface area contributed by atoms with E-state index in [2.05, 4.69) is 20.6 Å². The molecule has 34 heavy (non-hydrogen) atoms. The van der Waals surface area contributed by atoms with Gasteiger partial charge in [0.05, 0.1) is 48.3 Å². The summed E-state index contributed by atoms with van der Waals surface area (Å²) in [6, 6.07) is 15.2. The molecule has 0 bridgehead atoms. The number of carbonyl (C=O) groups is 1. The number of aromatic nitrogens is 5. The lowest BCUT2D eigenvalue weighted by atomic mass is 10.2. The second-order valence-electron chi connectivity index (χ2n) is 7.55. The molecule has 0 aliphatic carbocycles. The second kappa shape index (κ2) is 10.0. The first kappa shape index (κ1) is 23.4. The maximum Gasteiger partial charge on any atom is 0.234 e. The molecule has 1 amide bonds. The van der Waals surface area contributed by atoms with Crippen molar-refractivity contribution in [2.45, 2.75) is 19.0 Å². The van der Waals surface area contributed by atoms with Crippen molar-refractivity contribution in [2.75, 3.05) is 25.3 Å². The van der Waals surface area contributed by atoms with Crippen molar-refractivity contribution >= 4 is 23.4 Å². The van der Waals surface area contributed by atoms with Crippen molar-refractivity contribution < 1.29 is 14.3 Å². The van der Waals surface area contributed by atoms with E-state index in [9.17, 15) is 4.79 Å². The van der Waals surface area contributed by atoms with Gasteiger partial charge < -0.3 is 14.8 Å². The molecule has 9 nitrogen and oxygen atoms in total. The minimum atomic E-state index is -0.146. The zero-order chi connectivity index (χ0) is 24.2. The topological polar surface area (TPSA) is 96.1 Å². The summed E-state index contributed by atoms with van der Waals surface area (Å²) in [5.74, 6) is 2.05. The lowest BCUT2D eigenvalue weighted by Crippen LogP contribution is -2.15. The van der Waals surface area contributed by atoms with Gasteiger partial charge in [-0.1, -0.05) is 23.9 Å². The van der Waals surface area contributed by atoms with Crippen LogP contribution in [-0.4, -0.2) is 50.4 Å². The molecular weight excluding hydrogens is 452 g/mol. The molecule has 0 aliphatic heterocycles. The van der Waals surface area contributed by atoms with Crippen LogP contribution in [0.15, 0.2) is 53.7 Å². The maximum atomic E-state index is 12.7. The summed E-state index contributed by atoms with van der Waals surface area (Å²) >= 11 is 1.30. The number of hydrogen-bond acceptors (Lipinski definition) is 7. The Morgan fingerprint density at radius 1 is 1.03 bits per heavy atom. The number of nitrogens with one attached hydrogen (secondary N) is 1. The van der Waals surface area contributed by atoms with Crippen molar-refractivity contribution in [1.29, 1.82) is 0 Å². The first-order valence-electron chi connectivity index (χ1n) is 10.6. The number of hydrogen-bond donors (Lipinski definition) is 1. The number of thioether (sulfide) groups is 1. The normalized spacial score (nSPS) is 10.9. The van der Waals surface area contributed by atoms with E-state index in [4.69, 9.17) is 9.47 Å². The van der Waals surface area contributed by atoms with Crippen LogP contribution in [0, 0.1) is 13.8 Å². The van der Waals surface area contributed by atoms with E-state index in [1.54, 1.807) is 18.9 Å². The largest absolute Gasteiger partial charge is 0.497 e. The number of nitrogens with zero attached hydrogens (tertiary/aromatic N) is 5. The van der Waals surface area contributed by atoms with E-state index in [-0.39, 0.29) is 11.7 Å². The molecule has 176 valence electrons. The number of amides is 1. The van der Waals surface area contributed by atoms with E-state index in [0.717, 1.165) is 34.1 Å².